The summed E-state index contributed by atoms with van der Waals surface area (Å²) in [5.41, 5.74) is 0. The summed E-state index contributed by atoms with van der Waals surface area (Å²) in [6, 6.07) is 0. The molecule has 112 valence electrons. The highest BCUT2D eigenvalue weighted by atomic mass is 19.4. The van der Waals surface area contributed by atoms with Crippen molar-refractivity contribution in [2.24, 2.45) is 0 Å². The van der Waals surface area contributed by atoms with Gasteiger partial charge < -0.3 is 9.47 Å². The Morgan fingerprint density at radius 2 is 1.63 bits per heavy atom. The van der Waals surface area contributed by atoms with Crippen molar-refractivity contribution in [1.29, 1.82) is 0 Å². The zero-order valence-corrected chi connectivity index (χ0v) is 9.60. The summed E-state index contributed by atoms with van der Waals surface area (Å²) in [5, 5.41) is 0. The maximum atomic E-state index is 11.9. The molecule has 0 heterocycles. The molecular weight excluding hydrogens is 286 g/mol. The molecule has 10 heteroatoms. The first-order valence-corrected chi connectivity index (χ1v) is 4.89. The predicted octanol–water partition coefficient (Wildman–Crippen LogP) is 2.90. The van der Waals surface area contributed by atoms with Crippen LogP contribution in [0, 0.1) is 0 Å². The number of hydrogen-bond donors (Lipinski definition) is 0. The van der Waals surface area contributed by atoms with Gasteiger partial charge in [0.25, 0.3) is 0 Å². The molecule has 0 spiro atoms. The molecule has 0 aromatic carbocycles. The topological polar surface area (TPSA) is 44.8 Å². The summed E-state index contributed by atoms with van der Waals surface area (Å²) in [4.78, 5) is 11.1. The molecule has 0 rings (SSSR count). The molecule has 0 atom stereocenters. The zero-order chi connectivity index (χ0) is 15.1. The Balaban J connectivity index is 4.25. The monoisotopic (exact) mass is 296 g/mol. The lowest BCUT2D eigenvalue weighted by Gasteiger charge is -2.12. The van der Waals surface area contributed by atoms with E-state index in [-0.39, 0.29) is 6.42 Å². The van der Waals surface area contributed by atoms with E-state index >= 15 is 0 Å². The van der Waals surface area contributed by atoms with Crippen LogP contribution in [-0.4, -0.2) is 31.9 Å². The van der Waals surface area contributed by atoms with E-state index in [0.717, 1.165) is 6.08 Å². The van der Waals surface area contributed by atoms with Crippen molar-refractivity contribution in [2.75, 3.05) is 13.2 Å². The van der Waals surface area contributed by atoms with Gasteiger partial charge in [-0.2, -0.15) is 0 Å². The zero-order valence-electron chi connectivity index (χ0n) is 9.60. The number of carbonyl (C=O) groups excluding carboxylic acids is 1. The summed E-state index contributed by atoms with van der Waals surface area (Å²) >= 11 is 0. The number of esters is 1. The number of carbonyl (C=O) groups is 1. The predicted molar refractivity (Wildman–Crippen MR) is 48.5 cm³/mol. The molecule has 0 unspecified atom stereocenters. The van der Waals surface area contributed by atoms with Crippen molar-refractivity contribution in [3.05, 3.63) is 11.8 Å². The number of alkyl halides is 6. The van der Waals surface area contributed by atoms with E-state index < -0.39 is 37.7 Å². The molecule has 0 bridgehead atoms. The van der Waals surface area contributed by atoms with Crippen LogP contribution < -0.4 is 0 Å². The molecule has 0 saturated carbocycles. The molecule has 0 amide bonds. The van der Waals surface area contributed by atoms with Crippen LogP contribution in [0.25, 0.3) is 0 Å². The van der Waals surface area contributed by atoms with Crippen LogP contribution in [0.4, 0.5) is 26.3 Å². The fourth-order valence-electron chi connectivity index (χ4n) is 0.840. The minimum atomic E-state index is -5.09. The Hall–Kier alpha value is -1.45. The van der Waals surface area contributed by atoms with Gasteiger partial charge in [0.2, 0.25) is 5.76 Å². The van der Waals surface area contributed by atoms with E-state index in [1.54, 1.807) is 0 Å². The second-order valence-corrected chi connectivity index (χ2v) is 2.95. The molecule has 0 radical (unpaired) electrons. The summed E-state index contributed by atoms with van der Waals surface area (Å²) in [6.45, 7) is -0.457. The van der Waals surface area contributed by atoms with Gasteiger partial charge in [-0.05, 0) is 12.5 Å². The van der Waals surface area contributed by atoms with Gasteiger partial charge in [0.05, 0.1) is 6.61 Å². The quantitative estimate of drug-likeness (QED) is 0.248. The Morgan fingerprint density at radius 1 is 1.05 bits per heavy atom. The Labute approximate surface area is 103 Å². The largest absolute Gasteiger partial charge is 0.573 e. The van der Waals surface area contributed by atoms with E-state index in [1.807, 2.05) is 0 Å². The van der Waals surface area contributed by atoms with Gasteiger partial charge in [0.15, 0.2) is 0 Å². The summed E-state index contributed by atoms with van der Waals surface area (Å²) < 4.78 is 81.0. The maximum Gasteiger partial charge on any atom is 0.573 e. The average molecular weight is 296 g/mol. The SMILES string of the molecule is CC/C=C(\OC(F)(F)F)C(=O)OCCOC(F)(F)F. The number of allylic oxidation sites excluding steroid dienone is 1. The van der Waals surface area contributed by atoms with E-state index in [9.17, 15) is 31.1 Å². The standard InChI is InChI=1S/C9H10F6O4/c1-2-3-6(19-9(13,14)15)7(16)17-4-5-18-8(10,11)12/h3H,2,4-5H2,1H3/b6-3-. The Bertz CT molecular complexity index is 320. The molecule has 0 fully saturated rings. The van der Waals surface area contributed by atoms with Crippen LogP contribution in [0.5, 0.6) is 0 Å². The second-order valence-electron chi connectivity index (χ2n) is 2.95. The van der Waals surface area contributed by atoms with Gasteiger partial charge in [0, 0.05) is 0 Å². The number of hydrogen-bond acceptors (Lipinski definition) is 4. The smallest absolute Gasteiger partial charge is 0.457 e. The molecule has 19 heavy (non-hydrogen) atoms. The highest BCUT2D eigenvalue weighted by Crippen LogP contribution is 2.22. The van der Waals surface area contributed by atoms with Crippen molar-refractivity contribution in [1.82, 2.24) is 0 Å². The van der Waals surface area contributed by atoms with Crippen molar-refractivity contribution < 1.29 is 45.3 Å². The van der Waals surface area contributed by atoms with Crippen LogP contribution >= 0.6 is 0 Å². The molecular formula is C9H10F6O4. The molecule has 0 aliphatic carbocycles. The number of rotatable bonds is 6. The van der Waals surface area contributed by atoms with Gasteiger partial charge >= 0.3 is 18.7 Å². The Morgan fingerprint density at radius 3 is 2.05 bits per heavy atom. The third-order valence-electron chi connectivity index (χ3n) is 1.40. The van der Waals surface area contributed by atoms with Crippen LogP contribution in [0.3, 0.4) is 0 Å². The van der Waals surface area contributed by atoms with Crippen molar-refractivity contribution in [3.63, 3.8) is 0 Å². The fraction of sp³-hybridized carbons (Fsp3) is 0.667. The van der Waals surface area contributed by atoms with Crippen LogP contribution in [0.15, 0.2) is 11.8 Å². The van der Waals surface area contributed by atoms with E-state index in [1.165, 1.54) is 6.92 Å². The first kappa shape index (κ1) is 17.6. The molecule has 0 N–H and O–H groups in total. The highest BCUT2D eigenvalue weighted by Gasteiger charge is 2.35. The van der Waals surface area contributed by atoms with Crippen LogP contribution in [0.1, 0.15) is 13.3 Å². The summed E-state index contributed by atoms with van der Waals surface area (Å²) in [5.74, 6) is -2.66. The Kier molecular flexibility index (Phi) is 6.67. The fourth-order valence-corrected chi connectivity index (χ4v) is 0.840. The summed E-state index contributed by atoms with van der Waals surface area (Å²) in [6.07, 6.45) is -9.17. The first-order chi connectivity index (χ1) is 8.55. The highest BCUT2D eigenvalue weighted by molar-refractivity contribution is 5.86. The first-order valence-electron chi connectivity index (χ1n) is 4.89. The third kappa shape index (κ3) is 10.2. The molecule has 0 aliphatic rings. The van der Waals surface area contributed by atoms with Gasteiger partial charge in [-0.1, -0.05) is 6.92 Å². The third-order valence-corrected chi connectivity index (χ3v) is 1.40. The van der Waals surface area contributed by atoms with Gasteiger partial charge in [0.1, 0.15) is 6.61 Å². The van der Waals surface area contributed by atoms with Gasteiger partial charge in [-0.15, -0.1) is 26.3 Å². The lowest BCUT2D eigenvalue weighted by molar-refractivity contribution is -0.326. The van der Waals surface area contributed by atoms with E-state index in [0.29, 0.717) is 0 Å². The van der Waals surface area contributed by atoms with Crippen LogP contribution in [0.2, 0.25) is 0 Å². The van der Waals surface area contributed by atoms with Crippen molar-refractivity contribution >= 4 is 5.97 Å². The van der Waals surface area contributed by atoms with Crippen molar-refractivity contribution in [2.45, 2.75) is 26.1 Å². The lowest BCUT2D eigenvalue weighted by atomic mass is 10.4. The minimum absolute atomic E-state index is 0.0412. The van der Waals surface area contributed by atoms with E-state index in [4.69, 9.17) is 0 Å². The molecule has 0 aromatic heterocycles. The molecule has 0 aliphatic heterocycles. The molecule has 0 saturated heterocycles. The van der Waals surface area contributed by atoms with Gasteiger partial charge in [-0.25, -0.2) is 4.79 Å². The normalized spacial score (nSPS) is 13.3. The summed E-state index contributed by atoms with van der Waals surface area (Å²) in [7, 11) is 0. The molecule has 0 aromatic rings. The second kappa shape index (κ2) is 7.22. The lowest BCUT2D eigenvalue weighted by Crippen LogP contribution is -2.22. The maximum absolute atomic E-state index is 11.9. The van der Waals surface area contributed by atoms with Crippen molar-refractivity contribution in [3.8, 4) is 0 Å². The van der Waals surface area contributed by atoms with E-state index in [2.05, 4.69) is 14.2 Å². The minimum Gasteiger partial charge on any atom is -0.457 e. The number of halogens is 6. The molecule has 4 nitrogen and oxygen atoms in total. The van der Waals surface area contributed by atoms with Gasteiger partial charge in [-0.3, -0.25) is 4.74 Å². The number of ether oxygens (including phenoxy) is 3. The van der Waals surface area contributed by atoms with Crippen LogP contribution in [-0.2, 0) is 19.0 Å². The average Bonchev–Trinajstić information content (AvgIpc) is 2.20.